The molecule has 5 aromatic rings. The van der Waals surface area contributed by atoms with E-state index < -0.39 is 17.7 Å². The quantitative estimate of drug-likeness (QED) is 0.0354. The average molecular weight is 674 g/mol. The van der Waals surface area contributed by atoms with Gasteiger partial charge in [-0.2, -0.15) is 0 Å². The molecule has 2 aromatic carbocycles. The summed E-state index contributed by atoms with van der Waals surface area (Å²) in [6.45, 7) is 4.53. The Morgan fingerprint density at radius 2 is 1.80 bits per heavy atom. The maximum atomic E-state index is 13.8. The number of anilines is 1. The number of ketones is 1. The third kappa shape index (κ3) is 6.40. The SMILES string of the molecule is CCCCCCOc1ccc(C2/C(=C(\O)c3c(C)nc4ccccn34)C(=O)C(=O)N2c2nnc(SCc3ccccc3Cl)s2)cc1. The number of carbonyl (C=O) groups is 2. The van der Waals surface area contributed by atoms with Crippen LogP contribution in [-0.2, 0) is 15.3 Å². The van der Waals surface area contributed by atoms with Crippen molar-refractivity contribution in [2.75, 3.05) is 11.5 Å². The van der Waals surface area contributed by atoms with Crippen LogP contribution in [-0.4, -0.2) is 43.0 Å². The topological polar surface area (TPSA) is 110 Å². The zero-order valence-electron chi connectivity index (χ0n) is 25.4. The first-order valence-corrected chi connectivity index (χ1v) is 17.2. The molecule has 0 saturated carbocycles. The number of aryl methyl sites for hydroxylation is 1. The molecule has 0 spiro atoms. The van der Waals surface area contributed by atoms with Crippen LogP contribution < -0.4 is 9.64 Å². The fraction of sp³-hybridized carbons (Fsp3) is 0.265. The number of aliphatic hydroxyl groups excluding tert-OH is 1. The Balaban J connectivity index is 1.37. The minimum absolute atomic E-state index is 0.0487. The van der Waals surface area contributed by atoms with E-state index in [0.717, 1.165) is 31.2 Å². The lowest BCUT2D eigenvalue weighted by Gasteiger charge is -2.22. The van der Waals surface area contributed by atoms with Crippen molar-refractivity contribution in [2.24, 2.45) is 0 Å². The highest BCUT2D eigenvalue weighted by molar-refractivity contribution is 8.00. The number of imidazole rings is 1. The number of amides is 1. The predicted octanol–water partition coefficient (Wildman–Crippen LogP) is 8.03. The van der Waals surface area contributed by atoms with Gasteiger partial charge >= 0.3 is 5.91 Å². The third-order valence-electron chi connectivity index (χ3n) is 7.75. The van der Waals surface area contributed by atoms with Crippen molar-refractivity contribution in [2.45, 2.75) is 55.7 Å². The summed E-state index contributed by atoms with van der Waals surface area (Å²) in [6, 6.07) is 19.3. The largest absolute Gasteiger partial charge is 0.505 e. The number of hydrogen-bond donors (Lipinski definition) is 1. The van der Waals surface area contributed by atoms with E-state index in [0.29, 0.717) is 50.1 Å². The Bertz CT molecular complexity index is 1920. The number of benzene rings is 2. The van der Waals surface area contributed by atoms with Crippen molar-refractivity contribution in [3.05, 3.63) is 106 Å². The molecule has 1 amide bonds. The Labute approximate surface area is 279 Å². The molecule has 3 aromatic heterocycles. The van der Waals surface area contributed by atoms with Crippen molar-refractivity contribution in [1.29, 1.82) is 0 Å². The summed E-state index contributed by atoms with van der Waals surface area (Å²) < 4.78 is 8.26. The molecular formula is C34H32ClN5O4S2. The molecular weight excluding hydrogens is 642 g/mol. The van der Waals surface area contributed by atoms with Crippen LogP contribution in [0.1, 0.15) is 61.2 Å². The molecule has 0 aliphatic carbocycles. The standard InChI is InChI=1S/C34H32ClN5O4S2/c1-3-4-5-10-19-44-24-16-14-22(15-17-24)29-27(30(41)28-21(2)36-26-13-8-9-18-39(26)28)31(42)32(43)40(29)33-37-38-34(46-33)45-20-23-11-6-7-12-25(23)35/h6-9,11-18,29,41H,3-5,10,19-20H2,1-2H3/b30-27+. The highest BCUT2D eigenvalue weighted by Gasteiger charge is 2.49. The van der Waals surface area contributed by atoms with Crippen molar-refractivity contribution in [1.82, 2.24) is 19.6 Å². The minimum Gasteiger partial charge on any atom is -0.505 e. The predicted molar refractivity (Wildman–Crippen MR) is 182 cm³/mol. The number of aromatic nitrogens is 4. The molecule has 12 heteroatoms. The minimum atomic E-state index is -0.957. The van der Waals surface area contributed by atoms with Crippen LogP contribution in [0.5, 0.6) is 5.75 Å². The summed E-state index contributed by atoms with van der Waals surface area (Å²) in [6.07, 6.45) is 6.14. The number of aliphatic hydroxyl groups is 1. The summed E-state index contributed by atoms with van der Waals surface area (Å²) in [4.78, 5) is 33.4. The van der Waals surface area contributed by atoms with Gasteiger partial charge in [-0.25, -0.2) is 4.98 Å². The van der Waals surface area contributed by atoms with Gasteiger partial charge < -0.3 is 9.84 Å². The van der Waals surface area contributed by atoms with Crippen LogP contribution in [0.3, 0.4) is 0 Å². The van der Waals surface area contributed by atoms with Crippen LogP contribution in [0.4, 0.5) is 5.13 Å². The molecule has 1 atom stereocenters. The Morgan fingerprint density at radius 3 is 2.59 bits per heavy atom. The van der Waals surface area contributed by atoms with Gasteiger partial charge in [-0.3, -0.25) is 18.9 Å². The molecule has 0 radical (unpaired) electrons. The summed E-state index contributed by atoms with van der Waals surface area (Å²) in [5.74, 6) is -0.679. The van der Waals surface area contributed by atoms with Crippen molar-refractivity contribution in [3.8, 4) is 5.75 Å². The Morgan fingerprint density at radius 1 is 1.02 bits per heavy atom. The second kappa shape index (κ2) is 14.1. The van der Waals surface area contributed by atoms with Gasteiger partial charge in [-0.05, 0) is 54.8 Å². The molecule has 236 valence electrons. The Hall–Kier alpha value is -4.19. The van der Waals surface area contributed by atoms with Gasteiger partial charge in [-0.1, -0.05) is 97.3 Å². The first-order chi connectivity index (χ1) is 22.4. The maximum Gasteiger partial charge on any atom is 0.301 e. The van der Waals surface area contributed by atoms with Crippen LogP contribution in [0, 0.1) is 6.92 Å². The van der Waals surface area contributed by atoms with Crippen molar-refractivity contribution < 1.29 is 19.4 Å². The van der Waals surface area contributed by atoms with Crippen LogP contribution in [0.2, 0.25) is 5.02 Å². The monoisotopic (exact) mass is 673 g/mol. The van der Waals surface area contributed by atoms with Gasteiger partial charge in [0.1, 0.15) is 17.1 Å². The summed E-state index contributed by atoms with van der Waals surface area (Å²) in [5, 5.41) is 21.3. The van der Waals surface area contributed by atoms with E-state index in [1.54, 1.807) is 17.5 Å². The van der Waals surface area contributed by atoms with Crippen LogP contribution >= 0.6 is 34.7 Å². The van der Waals surface area contributed by atoms with E-state index in [4.69, 9.17) is 16.3 Å². The molecule has 1 aliphatic heterocycles. The zero-order valence-corrected chi connectivity index (χ0v) is 27.7. The molecule has 1 aliphatic rings. The number of Topliss-reactive ketones (excluding diaryl/α,β-unsaturated/α-hetero) is 1. The van der Waals surface area contributed by atoms with E-state index >= 15 is 0 Å². The van der Waals surface area contributed by atoms with E-state index in [1.807, 2.05) is 66.7 Å². The lowest BCUT2D eigenvalue weighted by molar-refractivity contribution is -0.132. The van der Waals surface area contributed by atoms with E-state index in [1.165, 1.54) is 28.0 Å². The smallest absolute Gasteiger partial charge is 0.301 e. The van der Waals surface area contributed by atoms with Crippen LogP contribution in [0.25, 0.3) is 11.4 Å². The number of ether oxygens (including phenoxy) is 1. The van der Waals surface area contributed by atoms with E-state index in [2.05, 4.69) is 22.1 Å². The van der Waals surface area contributed by atoms with Crippen molar-refractivity contribution >= 4 is 62.9 Å². The van der Waals surface area contributed by atoms with Gasteiger partial charge in [0, 0.05) is 17.0 Å². The number of hydrogen-bond acceptors (Lipinski definition) is 9. The van der Waals surface area contributed by atoms with Gasteiger partial charge in [0.25, 0.3) is 5.78 Å². The molecule has 46 heavy (non-hydrogen) atoms. The molecule has 1 N–H and O–H groups in total. The van der Waals surface area contributed by atoms with E-state index in [9.17, 15) is 14.7 Å². The first kappa shape index (κ1) is 31.8. The fourth-order valence-electron chi connectivity index (χ4n) is 5.45. The summed E-state index contributed by atoms with van der Waals surface area (Å²) in [5.41, 5.74) is 2.99. The molecule has 6 rings (SSSR count). The number of halogens is 1. The number of carbonyl (C=O) groups excluding carboxylic acids is 2. The Kier molecular flexibility index (Phi) is 9.72. The second-order valence-electron chi connectivity index (χ2n) is 10.9. The zero-order chi connectivity index (χ0) is 32.2. The molecule has 1 unspecified atom stereocenters. The lowest BCUT2D eigenvalue weighted by atomic mass is 9.96. The van der Waals surface area contributed by atoms with Gasteiger partial charge in [0.05, 0.1) is 23.9 Å². The molecule has 9 nitrogen and oxygen atoms in total. The molecule has 1 fully saturated rings. The van der Waals surface area contributed by atoms with E-state index in [-0.39, 0.29) is 16.5 Å². The molecule has 1 saturated heterocycles. The first-order valence-electron chi connectivity index (χ1n) is 15.0. The number of thioether (sulfide) groups is 1. The normalized spacial score (nSPS) is 16.1. The number of unbranched alkanes of at least 4 members (excludes halogenated alkanes) is 3. The summed E-state index contributed by atoms with van der Waals surface area (Å²) >= 11 is 8.97. The van der Waals surface area contributed by atoms with Crippen molar-refractivity contribution in [3.63, 3.8) is 0 Å². The fourth-order valence-corrected chi connectivity index (χ4v) is 7.60. The maximum absolute atomic E-state index is 13.8. The van der Waals surface area contributed by atoms with Gasteiger partial charge in [-0.15, -0.1) is 10.2 Å². The lowest BCUT2D eigenvalue weighted by Crippen LogP contribution is -2.29. The molecule has 0 bridgehead atoms. The summed E-state index contributed by atoms with van der Waals surface area (Å²) in [7, 11) is 0. The second-order valence-corrected chi connectivity index (χ2v) is 13.4. The molecule has 4 heterocycles. The van der Waals surface area contributed by atoms with Gasteiger partial charge in [0.2, 0.25) is 5.13 Å². The average Bonchev–Trinajstić information content (AvgIpc) is 3.74. The highest BCUT2D eigenvalue weighted by atomic mass is 35.5. The highest BCUT2D eigenvalue weighted by Crippen LogP contribution is 2.44. The third-order valence-corrected chi connectivity index (χ3v) is 10.2. The number of nitrogens with zero attached hydrogens (tertiary/aromatic N) is 5. The number of pyridine rings is 1. The number of rotatable bonds is 12. The number of fused-ring (bicyclic) bond motifs is 1. The van der Waals surface area contributed by atoms with Crippen LogP contribution in [0.15, 0.2) is 82.8 Å². The van der Waals surface area contributed by atoms with Gasteiger partial charge in [0.15, 0.2) is 10.1 Å².